The first-order chi connectivity index (χ1) is 10.0. The van der Waals surface area contributed by atoms with Crippen LogP contribution in [-0.4, -0.2) is 14.9 Å². The van der Waals surface area contributed by atoms with Gasteiger partial charge in [-0.2, -0.15) is 0 Å². The van der Waals surface area contributed by atoms with E-state index in [9.17, 15) is 10.1 Å². The molecule has 4 nitrogen and oxygen atoms in total. The molecule has 6 heteroatoms. The van der Waals surface area contributed by atoms with Crippen molar-refractivity contribution < 1.29 is 4.92 Å². The second-order valence-corrected chi connectivity index (χ2v) is 6.60. The van der Waals surface area contributed by atoms with Crippen LogP contribution in [0.15, 0.2) is 47.8 Å². The summed E-state index contributed by atoms with van der Waals surface area (Å²) in [7, 11) is 0. The molecule has 2 atom stereocenters. The zero-order valence-corrected chi connectivity index (χ0v) is 13.4. The van der Waals surface area contributed by atoms with Gasteiger partial charge < -0.3 is 5.32 Å². The Hall–Kier alpha value is -1.66. The van der Waals surface area contributed by atoms with Crippen LogP contribution in [0.4, 0.5) is 5.69 Å². The van der Waals surface area contributed by atoms with Gasteiger partial charge in [-0.15, -0.1) is 11.8 Å². The predicted octanol–water partition coefficient (Wildman–Crippen LogP) is 4.15. The highest BCUT2D eigenvalue weighted by Gasteiger charge is 2.19. The van der Waals surface area contributed by atoms with Crippen molar-refractivity contribution >= 4 is 34.4 Å². The molecule has 21 heavy (non-hydrogen) atoms. The van der Waals surface area contributed by atoms with E-state index in [2.05, 4.69) is 24.4 Å². The summed E-state index contributed by atoms with van der Waals surface area (Å²) in [6.45, 7) is 4.07. The maximum atomic E-state index is 10.9. The number of thiocarbonyl (C=S) groups is 1. The van der Waals surface area contributed by atoms with E-state index in [-0.39, 0.29) is 21.8 Å². The van der Waals surface area contributed by atoms with E-state index in [1.165, 1.54) is 6.07 Å². The van der Waals surface area contributed by atoms with Crippen molar-refractivity contribution in [3.05, 3.63) is 63.5 Å². The van der Waals surface area contributed by atoms with Crippen LogP contribution in [0.5, 0.6) is 0 Å². The van der Waals surface area contributed by atoms with Crippen LogP contribution in [0.25, 0.3) is 0 Å². The number of dihydropyridines is 1. The Labute approximate surface area is 133 Å². The Bertz CT molecular complexity index is 626. The quantitative estimate of drug-likeness (QED) is 0.502. The molecule has 110 valence electrons. The van der Waals surface area contributed by atoms with E-state index in [0.29, 0.717) is 0 Å². The number of nitrogens with one attached hydrogen (secondary N) is 1. The zero-order chi connectivity index (χ0) is 15.4. The van der Waals surface area contributed by atoms with E-state index >= 15 is 0 Å². The molecule has 0 bridgehead atoms. The molecule has 0 saturated heterocycles. The topological polar surface area (TPSA) is 55.2 Å². The smallest absolute Gasteiger partial charge is 0.269 e. The Morgan fingerprint density at radius 2 is 2.24 bits per heavy atom. The van der Waals surface area contributed by atoms with Crippen LogP contribution < -0.4 is 5.32 Å². The van der Waals surface area contributed by atoms with Crippen LogP contribution >= 0.6 is 24.0 Å². The first-order valence-electron chi connectivity index (χ1n) is 6.52. The Morgan fingerprint density at radius 3 is 2.90 bits per heavy atom. The van der Waals surface area contributed by atoms with E-state index in [1.807, 2.05) is 13.0 Å². The van der Waals surface area contributed by atoms with Crippen molar-refractivity contribution in [2.45, 2.75) is 25.0 Å². The molecule has 0 fully saturated rings. The van der Waals surface area contributed by atoms with Gasteiger partial charge in [0.25, 0.3) is 5.69 Å². The molecular formula is C15H16N2O2S2. The van der Waals surface area contributed by atoms with E-state index < -0.39 is 0 Å². The summed E-state index contributed by atoms with van der Waals surface area (Å²) in [4.78, 5) is 10.5. The van der Waals surface area contributed by atoms with Gasteiger partial charge in [-0.25, -0.2) is 0 Å². The molecule has 1 aromatic rings. The number of nitro benzene ring substituents is 1. The summed E-state index contributed by atoms with van der Waals surface area (Å²) in [6, 6.07) is 6.78. The maximum absolute atomic E-state index is 10.9. The second kappa shape index (κ2) is 6.87. The SMILES string of the molecule is CC1=CC(c2cccc([N+](=O)[O-])c2)C=C(C(C)SC=S)N1. The van der Waals surface area contributed by atoms with Gasteiger partial charge in [-0.3, -0.25) is 10.1 Å². The molecule has 0 amide bonds. The molecule has 0 aromatic heterocycles. The summed E-state index contributed by atoms with van der Waals surface area (Å²) in [5.74, 6) is 0.0364. The van der Waals surface area contributed by atoms with Crippen molar-refractivity contribution in [3.8, 4) is 0 Å². The number of allylic oxidation sites excluding steroid dienone is 3. The fourth-order valence-electron chi connectivity index (χ4n) is 2.25. The normalized spacial score (nSPS) is 19.0. The van der Waals surface area contributed by atoms with Gasteiger partial charge in [-0.1, -0.05) is 36.5 Å². The molecule has 0 saturated carbocycles. The van der Waals surface area contributed by atoms with E-state index in [4.69, 9.17) is 12.2 Å². The lowest BCUT2D eigenvalue weighted by Gasteiger charge is -2.24. The van der Waals surface area contributed by atoms with E-state index in [1.54, 1.807) is 28.6 Å². The molecule has 1 aromatic carbocycles. The average molecular weight is 320 g/mol. The minimum absolute atomic E-state index is 0.0364. The van der Waals surface area contributed by atoms with Gasteiger partial charge in [0.1, 0.15) is 0 Å². The lowest BCUT2D eigenvalue weighted by Crippen LogP contribution is -2.23. The monoisotopic (exact) mass is 320 g/mol. The summed E-state index contributed by atoms with van der Waals surface area (Å²) in [5.41, 5.74) is 3.16. The molecule has 0 aliphatic carbocycles. The number of thioether (sulfide) groups is 1. The number of non-ortho nitro benzene ring substituents is 1. The molecule has 1 heterocycles. The lowest BCUT2D eigenvalue weighted by atomic mass is 9.93. The Kier molecular flexibility index (Phi) is 5.14. The van der Waals surface area contributed by atoms with Crippen LogP contribution in [-0.2, 0) is 0 Å². The van der Waals surface area contributed by atoms with Gasteiger partial charge >= 0.3 is 0 Å². The third-order valence-corrected chi connectivity index (χ3v) is 4.40. The van der Waals surface area contributed by atoms with Crippen molar-refractivity contribution in [2.75, 3.05) is 0 Å². The van der Waals surface area contributed by atoms with Gasteiger partial charge in [0.05, 0.1) is 4.92 Å². The molecule has 1 N–H and O–H groups in total. The van der Waals surface area contributed by atoms with Crippen LogP contribution in [0.2, 0.25) is 0 Å². The maximum Gasteiger partial charge on any atom is 0.269 e. The highest BCUT2D eigenvalue weighted by molar-refractivity contribution is 8.21. The van der Waals surface area contributed by atoms with Crippen molar-refractivity contribution in [1.82, 2.24) is 5.32 Å². The fraction of sp³-hybridized carbons (Fsp3) is 0.267. The van der Waals surface area contributed by atoms with Crippen molar-refractivity contribution in [2.24, 2.45) is 0 Å². The third-order valence-electron chi connectivity index (χ3n) is 3.29. The van der Waals surface area contributed by atoms with Gasteiger partial charge in [-0.05, 0) is 19.4 Å². The van der Waals surface area contributed by atoms with Gasteiger partial charge in [0, 0.05) is 39.4 Å². The molecule has 2 rings (SSSR count). The Balaban J connectivity index is 2.33. The number of hydrogen-bond acceptors (Lipinski definition) is 5. The molecule has 0 spiro atoms. The molecule has 1 aliphatic rings. The number of nitro groups is 1. The summed E-state index contributed by atoms with van der Waals surface area (Å²) in [5, 5.41) is 14.5. The first kappa shape index (κ1) is 15.7. The molecular weight excluding hydrogens is 304 g/mol. The first-order valence-corrected chi connectivity index (χ1v) is 7.93. The predicted molar refractivity (Wildman–Crippen MR) is 91.5 cm³/mol. The average Bonchev–Trinajstić information content (AvgIpc) is 2.47. The summed E-state index contributed by atoms with van der Waals surface area (Å²) < 4.78 is 1.66. The zero-order valence-electron chi connectivity index (χ0n) is 11.8. The molecule has 2 unspecified atom stereocenters. The summed E-state index contributed by atoms with van der Waals surface area (Å²) >= 11 is 6.46. The highest BCUT2D eigenvalue weighted by Crippen LogP contribution is 2.30. The fourth-order valence-corrected chi connectivity index (χ4v) is 3.20. The minimum atomic E-state index is -0.365. The van der Waals surface area contributed by atoms with Crippen LogP contribution in [0, 0.1) is 10.1 Å². The largest absolute Gasteiger partial charge is 0.362 e. The molecule has 0 radical (unpaired) electrons. The molecule has 1 aliphatic heterocycles. The Morgan fingerprint density at radius 1 is 1.48 bits per heavy atom. The van der Waals surface area contributed by atoms with Gasteiger partial charge in [0.15, 0.2) is 0 Å². The number of hydrogen-bond donors (Lipinski definition) is 1. The van der Waals surface area contributed by atoms with Crippen molar-refractivity contribution in [1.29, 1.82) is 0 Å². The van der Waals surface area contributed by atoms with Crippen molar-refractivity contribution in [3.63, 3.8) is 0 Å². The highest BCUT2D eigenvalue weighted by atomic mass is 32.2. The standard InChI is InChI=1S/C15H16N2O2S2/c1-10-6-13(8-15(16-10)11(2)21-9-20)12-4-3-5-14(7-12)17(18)19/h3-9,11,13,16H,1-2H3. The third kappa shape index (κ3) is 3.92. The number of rotatable bonds is 5. The number of benzene rings is 1. The second-order valence-electron chi connectivity index (χ2n) is 4.85. The van der Waals surface area contributed by atoms with Crippen LogP contribution in [0.3, 0.4) is 0 Å². The van der Waals surface area contributed by atoms with E-state index in [0.717, 1.165) is 17.0 Å². The number of nitrogens with zero attached hydrogens (tertiary/aromatic N) is 1. The van der Waals surface area contributed by atoms with Crippen LogP contribution in [0.1, 0.15) is 25.3 Å². The van der Waals surface area contributed by atoms with Gasteiger partial charge in [0.2, 0.25) is 0 Å². The minimum Gasteiger partial charge on any atom is -0.362 e. The lowest BCUT2D eigenvalue weighted by molar-refractivity contribution is -0.384. The summed E-state index contributed by atoms with van der Waals surface area (Å²) in [6.07, 6.45) is 4.17.